The van der Waals surface area contributed by atoms with Crippen LogP contribution in [-0.4, -0.2) is 57.6 Å². The van der Waals surface area contributed by atoms with Gasteiger partial charge in [-0.3, -0.25) is 14.8 Å². The van der Waals surface area contributed by atoms with Gasteiger partial charge in [0.2, 0.25) is 30.3 Å². The second-order valence-electron chi connectivity index (χ2n) is 5.17. The Morgan fingerprint density at radius 2 is 1.77 bits per heavy atom. The molecule has 1 aromatic heterocycles. The minimum Gasteiger partial charge on any atom is -0.296 e. The molecule has 0 radical (unpaired) electrons. The van der Waals surface area contributed by atoms with Gasteiger partial charge in [0.15, 0.2) is 0 Å². The summed E-state index contributed by atoms with van der Waals surface area (Å²) < 4.78 is 50.4. The Bertz CT molecular complexity index is 1050. The van der Waals surface area contributed by atoms with Crippen molar-refractivity contribution in [1.29, 1.82) is 0 Å². The van der Waals surface area contributed by atoms with Gasteiger partial charge in [0.1, 0.15) is 0 Å². The zero-order valence-electron chi connectivity index (χ0n) is 13.7. The van der Waals surface area contributed by atoms with Gasteiger partial charge in [0.25, 0.3) is 5.91 Å². The number of amides is 1. The lowest BCUT2D eigenvalue weighted by atomic mass is 10.2. The summed E-state index contributed by atoms with van der Waals surface area (Å²) in [4.78, 5) is 12.3. The number of sulfonamides is 2. The fourth-order valence-electron chi connectivity index (χ4n) is 1.68. The fourth-order valence-corrected chi connectivity index (χ4v) is 4.99. The number of aromatic nitrogens is 2. The molecule has 0 bridgehead atoms. The summed E-state index contributed by atoms with van der Waals surface area (Å²) in [5.74, 6) is -0.616. The van der Waals surface area contributed by atoms with E-state index in [1.54, 1.807) is 0 Å². The lowest BCUT2D eigenvalue weighted by Crippen LogP contribution is -2.23. The Labute approximate surface area is 162 Å². The number of carbonyl (C=O) groups excluding carboxylic acids is 1. The maximum Gasteiger partial charge on any atom is 0.257 e. The molecule has 0 spiro atoms. The summed E-state index contributed by atoms with van der Waals surface area (Å²) in [5.41, 5.74) is 0.0847. The molecule has 0 aliphatic heterocycles. The molecule has 2 N–H and O–H groups in total. The van der Waals surface area contributed by atoms with Crippen molar-refractivity contribution in [3.8, 4) is 0 Å². The van der Waals surface area contributed by atoms with Crippen molar-refractivity contribution in [2.24, 2.45) is 0 Å². The quantitative estimate of drug-likeness (QED) is 0.628. The molecule has 142 valence electrons. The fraction of sp³-hybridized carbons (Fsp3) is 0.250. The summed E-state index contributed by atoms with van der Waals surface area (Å²) in [6.07, 6.45) is 0.960. The number of anilines is 2. The van der Waals surface area contributed by atoms with Crippen LogP contribution >= 0.6 is 27.3 Å². The van der Waals surface area contributed by atoms with Gasteiger partial charge in [0, 0.05) is 24.1 Å². The average molecular weight is 484 g/mol. The molecule has 1 aromatic carbocycles. The van der Waals surface area contributed by atoms with Crippen LogP contribution in [0.5, 0.6) is 0 Å². The third-order valence-corrected chi connectivity index (χ3v) is 7.13. The van der Waals surface area contributed by atoms with Gasteiger partial charge in [-0.25, -0.2) is 21.1 Å². The average Bonchev–Trinajstić information content (AvgIpc) is 2.92. The summed E-state index contributed by atoms with van der Waals surface area (Å²) in [6.45, 7) is 0. The number of nitrogens with one attached hydrogen (secondary N) is 2. The van der Waals surface area contributed by atoms with Gasteiger partial charge < -0.3 is 0 Å². The molecule has 0 atom stereocenters. The standard InChI is InChI=1S/C12H14BrN5O5S3/c1-18(2)26(22,23)9-6-7(4-5-8(9)13)10(19)14-11-15-16-12(24-11)17-25(3,20)21/h4-6H,1-3H3,(H,16,17)(H,14,15,19). The first-order valence-corrected chi connectivity index (χ1v) is 11.7. The highest BCUT2D eigenvalue weighted by molar-refractivity contribution is 9.10. The molecule has 2 rings (SSSR count). The monoisotopic (exact) mass is 483 g/mol. The molecule has 14 heteroatoms. The first-order chi connectivity index (χ1) is 11.9. The summed E-state index contributed by atoms with van der Waals surface area (Å²) >= 11 is 3.98. The van der Waals surface area contributed by atoms with Crippen molar-refractivity contribution in [3.05, 3.63) is 28.2 Å². The predicted molar refractivity (Wildman–Crippen MR) is 101 cm³/mol. The Balaban J connectivity index is 2.26. The van der Waals surface area contributed by atoms with E-state index in [0.717, 1.165) is 21.9 Å². The van der Waals surface area contributed by atoms with E-state index < -0.39 is 26.0 Å². The van der Waals surface area contributed by atoms with Gasteiger partial charge in [0.05, 0.1) is 11.2 Å². The number of halogens is 1. The normalized spacial score (nSPS) is 12.2. The zero-order chi connectivity index (χ0) is 19.7. The summed E-state index contributed by atoms with van der Waals surface area (Å²) in [6, 6.07) is 4.11. The van der Waals surface area contributed by atoms with Crippen molar-refractivity contribution in [3.63, 3.8) is 0 Å². The maximum absolute atomic E-state index is 12.3. The molecule has 0 fully saturated rings. The molecule has 0 saturated carbocycles. The Kier molecular flexibility index (Phi) is 6.02. The molecule has 0 aliphatic rings. The number of nitrogens with zero attached hydrogens (tertiary/aromatic N) is 3. The molecule has 2 aromatic rings. The van der Waals surface area contributed by atoms with E-state index in [0.29, 0.717) is 4.47 Å². The van der Waals surface area contributed by atoms with Crippen LogP contribution in [0.3, 0.4) is 0 Å². The van der Waals surface area contributed by atoms with E-state index in [9.17, 15) is 21.6 Å². The number of carbonyl (C=O) groups is 1. The number of hydrogen-bond donors (Lipinski definition) is 2. The first kappa shape index (κ1) is 20.7. The van der Waals surface area contributed by atoms with Crippen LogP contribution in [0, 0.1) is 0 Å². The predicted octanol–water partition coefficient (Wildman–Crippen LogP) is 1.17. The van der Waals surface area contributed by atoms with Crippen LogP contribution in [0.25, 0.3) is 0 Å². The van der Waals surface area contributed by atoms with Crippen LogP contribution in [0.15, 0.2) is 27.6 Å². The highest BCUT2D eigenvalue weighted by Gasteiger charge is 2.22. The molecule has 1 heterocycles. The second kappa shape index (κ2) is 7.56. The van der Waals surface area contributed by atoms with Crippen LogP contribution in [0.4, 0.5) is 10.3 Å². The number of hydrogen-bond acceptors (Lipinski definition) is 8. The summed E-state index contributed by atoms with van der Waals surface area (Å²) in [5, 5.41) is 9.74. The van der Waals surface area contributed by atoms with E-state index in [1.807, 2.05) is 0 Å². The van der Waals surface area contributed by atoms with Gasteiger partial charge in [-0.05, 0) is 34.1 Å². The highest BCUT2D eigenvalue weighted by Crippen LogP contribution is 2.26. The van der Waals surface area contributed by atoms with E-state index >= 15 is 0 Å². The van der Waals surface area contributed by atoms with E-state index in [4.69, 9.17) is 0 Å². The number of rotatable bonds is 6. The van der Waals surface area contributed by atoms with Crippen LogP contribution in [0.2, 0.25) is 0 Å². The smallest absolute Gasteiger partial charge is 0.257 e. The summed E-state index contributed by atoms with van der Waals surface area (Å²) in [7, 11) is -4.50. The zero-order valence-corrected chi connectivity index (χ0v) is 17.8. The van der Waals surface area contributed by atoms with Crippen LogP contribution in [-0.2, 0) is 20.0 Å². The van der Waals surface area contributed by atoms with Crippen molar-refractivity contribution in [1.82, 2.24) is 14.5 Å². The molecular formula is C12H14BrN5O5S3. The third-order valence-electron chi connectivity index (χ3n) is 2.87. The van der Waals surface area contributed by atoms with E-state index in [-0.39, 0.29) is 20.7 Å². The SMILES string of the molecule is CN(C)S(=O)(=O)c1cc(C(=O)Nc2nnc(NS(C)(=O)=O)s2)ccc1Br. The molecule has 0 aliphatic carbocycles. The lowest BCUT2D eigenvalue weighted by Gasteiger charge is -2.13. The molecule has 10 nitrogen and oxygen atoms in total. The van der Waals surface area contributed by atoms with Crippen molar-refractivity contribution < 1.29 is 21.6 Å². The van der Waals surface area contributed by atoms with Gasteiger partial charge >= 0.3 is 0 Å². The molecular weight excluding hydrogens is 470 g/mol. The molecule has 0 unspecified atom stereocenters. The van der Waals surface area contributed by atoms with Crippen molar-refractivity contribution in [2.45, 2.75) is 4.90 Å². The highest BCUT2D eigenvalue weighted by atomic mass is 79.9. The van der Waals surface area contributed by atoms with Gasteiger partial charge in [-0.15, -0.1) is 10.2 Å². The lowest BCUT2D eigenvalue weighted by molar-refractivity contribution is 0.102. The van der Waals surface area contributed by atoms with E-state index in [1.165, 1.54) is 32.3 Å². The van der Waals surface area contributed by atoms with Crippen LogP contribution in [0.1, 0.15) is 10.4 Å². The van der Waals surface area contributed by atoms with Gasteiger partial charge in [-0.2, -0.15) is 0 Å². The van der Waals surface area contributed by atoms with Crippen molar-refractivity contribution in [2.75, 3.05) is 30.4 Å². The Hall–Kier alpha value is -1.61. The molecule has 26 heavy (non-hydrogen) atoms. The minimum absolute atomic E-state index is 0.00511. The second-order valence-corrected chi connectivity index (χ2v) is 10.9. The Morgan fingerprint density at radius 1 is 1.15 bits per heavy atom. The molecule has 1 amide bonds. The van der Waals surface area contributed by atoms with Crippen molar-refractivity contribution >= 4 is 63.5 Å². The molecule has 0 saturated heterocycles. The minimum atomic E-state index is -3.75. The third kappa shape index (κ3) is 4.97. The Morgan fingerprint density at radius 3 is 2.35 bits per heavy atom. The number of benzene rings is 1. The maximum atomic E-state index is 12.3. The van der Waals surface area contributed by atoms with Crippen LogP contribution < -0.4 is 10.0 Å². The largest absolute Gasteiger partial charge is 0.296 e. The first-order valence-electron chi connectivity index (χ1n) is 6.75. The van der Waals surface area contributed by atoms with Gasteiger partial charge in [-0.1, -0.05) is 11.3 Å². The van der Waals surface area contributed by atoms with E-state index in [2.05, 4.69) is 36.2 Å². The topological polar surface area (TPSA) is 138 Å².